The van der Waals surface area contributed by atoms with Crippen molar-refractivity contribution in [1.82, 2.24) is 15.3 Å². The van der Waals surface area contributed by atoms with Crippen LogP contribution in [0.5, 0.6) is 5.75 Å². The summed E-state index contributed by atoms with van der Waals surface area (Å²) in [5.74, 6) is 1.40. The Morgan fingerprint density at radius 3 is 2.62 bits per heavy atom. The van der Waals surface area contributed by atoms with Crippen LogP contribution in [-0.2, 0) is 6.42 Å². The van der Waals surface area contributed by atoms with Crippen LogP contribution in [-0.4, -0.2) is 68.1 Å². The molecule has 4 rings (SSSR count). The van der Waals surface area contributed by atoms with E-state index in [2.05, 4.69) is 26.5 Å². The first kappa shape index (κ1) is 25.4. The van der Waals surface area contributed by atoms with Gasteiger partial charge in [-0.3, -0.25) is 9.59 Å². The van der Waals surface area contributed by atoms with E-state index in [0.717, 1.165) is 17.7 Å². The third kappa shape index (κ3) is 5.93. The van der Waals surface area contributed by atoms with Crippen molar-refractivity contribution in [2.75, 3.05) is 45.2 Å². The van der Waals surface area contributed by atoms with Gasteiger partial charge < -0.3 is 20.0 Å². The molecule has 2 aromatic carbocycles. The van der Waals surface area contributed by atoms with Gasteiger partial charge in [0.2, 0.25) is 0 Å². The number of benzene rings is 2. The minimum absolute atomic E-state index is 0.0312. The molecule has 0 atom stereocenters. The first-order chi connectivity index (χ1) is 18.1. The van der Waals surface area contributed by atoms with E-state index < -0.39 is 0 Å². The largest absolute Gasteiger partial charge is 0.497 e. The fourth-order valence-corrected chi connectivity index (χ4v) is 4.31. The second-order valence-corrected chi connectivity index (χ2v) is 8.53. The number of rotatable bonds is 8. The number of anilines is 1. The summed E-state index contributed by atoms with van der Waals surface area (Å²) in [6, 6.07) is 18.4. The number of nitrogens with one attached hydrogen (secondary N) is 1. The number of aldehydes is 1. The molecule has 0 unspecified atom stereocenters. The minimum Gasteiger partial charge on any atom is -0.497 e. The predicted molar refractivity (Wildman–Crippen MR) is 141 cm³/mol. The molecule has 1 aliphatic rings. The van der Waals surface area contributed by atoms with E-state index >= 15 is 0 Å². The number of amides is 1. The lowest BCUT2D eigenvalue weighted by molar-refractivity contribution is 0.0746. The van der Waals surface area contributed by atoms with E-state index in [1.54, 1.807) is 44.6 Å². The molecule has 9 nitrogen and oxygen atoms in total. The number of methoxy groups -OCH3 is 1. The highest BCUT2D eigenvalue weighted by Crippen LogP contribution is 2.21. The minimum atomic E-state index is -0.0312. The Bertz CT molecular complexity index is 1340. The lowest BCUT2D eigenvalue weighted by Gasteiger charge is -2.35. The molecular formula is C28H28N6O3. The topological polar surface area (TPSA) is 111 Å². The number of carbonyl (C=O) groups is 2. The zero-order valence-electron chi connectivity index (χ0n) is 20.8. The van der Waals surface area contributed by atoms with Gasteiger partial charge in [-0.2, -0.15) is 10.4 Å². The monoisotopic (exact) mass is 496 g/mol. The summed E-state index contributed by atoms with van der Waals surface area (Å²) < 4.78 is 5.34. The first-order valence-corrected chi connectivity index (χ1v) is 11.9. The SMILES string of the molecule is CN/N=C(/Cc1cccc(C(=O)N2CCN(c3ccc(C#N)cn3)CC2)c1)c1cc(OC)ccc1C=O. The van der Waals surface area contributed by atoms with Gasteiger partial charge in [0.15, 0.2) is 6.29 Å². The molecule has 1 saturated heterocycles. The molecule has 37 heavy (non-hydrogen) atoms. The van der Waals surface area contributed by atoms with Crippen molar-refractivity contribution in [3.63, 3.8) is 0 Å². The van der Waals surface area contributed by atoms with Gasteiger partial charge in [-0.25, -0.2) is 4.98 Å². The summed E-state index contributed by atoms with van der Waals surface area (Å²) >= 11 is 0. The third-order valence-electron chi connectivity index (χ3n) is 6.26. The smallest absolute Gasteiger partial charge is 0.253 e. The molecule has 0 aliphatic carbocycles. The number of carbonyl (C=O) groups excluding carboxylic acids is 2. The van der Waals surface area contributed by atoms with E-state index in [-0.39, 0.29) is 5.91 Å². The van der Waals surface area contributed by atoms with Crippen molar-refractivity contribution in [3.05, 3.63) is 88.6 Å². The van der Waals surface area contributed by atoms with Crippen LogP contribution in [0.2, 0.25) is 0 Å². The van der Waals surface area contributed by atoms with Crippen LogP contribution in [0.15, 0.2) is 65.9 Å². The normalized spacial score (nSPS) is 13.6. The highest BCUT2D eigenvalue weighted by atomic mass is 16.5. The average Bonchev–Trinajstić information content (AvgIpc) is 2.96. The Morgan fingerprint density at radius 1 is 1.16 bits per heavy atom. The van der Waals surface area contributed by atoms with E-state index in [0.29, 0.717) is 66.3 Å². The molecule has 1 fully saturated rings. The van der Waals surface area contributed by atoms with Crippen LogP contribution in [0, 0.1) is 11.3 Å². The fourth-order valence-electron chi connectivity index (χ4n) is 4.31. The molecule has 9 heteroatoms. The first-order valence-electron chi connectivity index (χ1n) is 11.9. The van der Waals surface area contributed by atoms with Crippen LogP contribution in [0.3, 0.4) is 0 Å². The van der Waals surface area contributed by atoms with Gasteiger partial charge >= 0.3 is 0 Å². The Labute approximate surface area is 216 Å². The number of piperazine rings is 1. The summed E-state index contributed by atoms with van der Waals surface area (Å²) in [7, 11) is 3.28. The van der Waals surface area contributed by atoms with E-state index in [1.165, 1.54) is 0 Å². The van der Waals surface area contributed by atoms with Crippen molar-refractivity contribution >= 4 is 23.7 Å². The van der Waals surface area contributed by atoms with Crippen LogP contribution in [0.25, 0.3) is 0 Å². The summed E-state index contributed by atoms with van der Waals surface area (Å²) in [6.07, 6.45) is 2.79. The molecule has 0 bridgehead atoms. The van der Waals surface area contributed by atoms with Crippen molar-refractivity contribution in [2.24, 2.45) is 5.10 Å². The zero-order valence-corrected chi connectivity index (χ0v) is 20.8. The third-order valence-corrected chi connectivity index (χ3v) is 6.26. The number of pyridine rings is 1. The van der Waals surface area contributed by atoms with Crippen molar-refractivity contribution in [1.29, 1.82) is 5.26 Å². The molecular weight excluding hydrogens is 468 g/mol. The number of hydrogen-bond donors (Lipinski definition) is 1. The Hall–Kier alpha value is -4.71. The van der Waals surface area contributed by atoms with Gasteiger partial charge in [0, 0.05) is 62.5 Å². The van der Waals surface area contributed by atoms with Crippen LogP contribution < -0.4 is 15.1 Å². The van der Waals surface area contributed by atoms with E-state index in [1.807, 2.05) is 35.2 Å². The lowest BCUT2D eigenvalue weighted by atomic mass is 9.97. The Morgan fingerprint density at radius 2 is 1.97 bits per heavy atom. The molecule has 0 saturated carbocycles. The van der Waals surface area contributed by atoms with E-state index in [4.69, 9.17) is 10.00 Å². The number of hydrogen-bond acceptors (Lipinski definition) is 8. The molecule has 3 aromatic rings. The average molecular weight is 497 g/mol. The fraction of sp³-hybridized carbons (Fsp3) is 0.250. The quantitative estimate of drug-likeness (QED) is 0.290. The number of aromatic nitrogens is 1. The van der Waals surface area contributed by atoms with Gasteiger partial charge in [-0.05, 0) is 48.0 Å². The summed E-state index contributed by atoms with van der Waals surface area (Å²) in [5, 5.41) is 13.4. The molecule has 0 spiro atoms. The maximum Gasteiger partial charge on any atom is 0.253 e. The number of hydrazone groups is 1. The van der Waals surface area contributed by atoms with Gasteiger partial charge in [0.1, 0.15) is 17.6 Å². The predicted octanol–water partition coefficient (Wildman–Crippen LogP) is 2.90. The second kappa shape index (κ2) is 11.8. The molecule has 1 aromatic heterocycles. The molecule has 188 valence electrons. The van der Waals surface area contributed by atoms with E-state index in [9.17, 15) is 9.59 Å². The Balaban J connectivity index is 1.47. The number of nitriles is 1. The van der Waals surface area contributed by atoms with Gasteiger partial charge in [-0.1, -0.05) is 12.1 Å². The highest BCUT2D eigenvalue weighted by molar-refractivity contribution is 6.07. The Kier molecular flexibility index (Phi) is 8.11. The summed E-state index contributed by atoms with van der Waals surface area (Å²) in [6.45, 7) is 2.47. The second-order valence-electron chi connectivity index (χ2n) is 8.53. The number of nitrogens with zero attached hydrogens (tertiary/aromatic N) is 5. The molecule has 1 N–H and O–H groups in total. The van der Waals surface area contributed by atoms with Crippen molar-refractivity contribution < 1.29 is 14.3 Å². The molecule has 1 amide bonds. The lowest BCUT2D eigenvalue weighted by Crippen LogP contribution is -2.49. The summed E-state index contributed by atoms with van der Waals surface area (Å²) in [4.78, 5) is 33.3. The molecule has 1 aliphatic heterocycles. The van der Waals surface area contributed by atoms with Gasteiger partial charge in [0.25, 0.3) is 5.91 Å². The maximum absolute atomic E-state index is 13.3. The van der Waals surface area contributed by atoms with Crippen molar-refractivity contribution in [3.8, 4) is 11.8 Å². The zero-order chi connectivity index (χ0) is 26.2. The van der Waals surface area contributed by atoms with Crippen molar-refractivity contribution in [2.45, 2.75) is 6.42 Å². The standard InChI is InChI=1S/C28H28N6O3/c1-30-32-26(25-16-24(37-2)8-7-23(25)19-35)15-20-4-3-5-22(14-20)28(36)34-12-10-33(11-13-34)27-9-6-21(17-29)18-31-27/h3-9,14,16,18-19,30H,10-13,15H2,1-2H3/b32-26-. The van der Waals surface area contributed by atoms with Crippen LogP contribution >= 0.6 is 0 Å². The highest BCUT2D eigenvalue weighted by Gasteiger charge is 2.23. The van der Waals surface area contributed by atoms with Gasteiger partial charge in [-0.15, -0.1) is 0 Å². The van der Waals surface area contributed by atoms with Crippen LogP contribution in [0.4, 0.5) is 5.82 Å². The number of ether oxygens (including phenoxy) is 1. The molecule has 0 radical (unpaired) electrons. The molecule has 2 heterocycles. The summed E-state index contributed by atoms with van der Waals surface area (Å²) in [5.41, 5.74) is 6.70. The van der Waals surface area contributed by atoms with Gasteiger partial charge in [0.05, 0.1) is 18.4 Å². The maximum atomic E-state index is 13.3. The van der Waals surface area contributed by atoms with Crippen LogP contribution in [0.1, 0.15) is 37.4 Å².